The van der Waals surface area contributed by atoms with E-state index in [0.29, 0.717) is 17.9 Å². The van der Waals surface area contributed by atoms with Crippen molar-refractivity contribution in [1.29, 1.82) is 0 Å². The minimum atomic E-state index is -2.17. The number of carbonyl (C=O) groups is 1. The van der Waals surface area contributed by atoms with Gasteiger partial charge in [-0.05, 0) is 24.1 Å². The molecule has 190 valence electrons. The van der Waals surface area contributed by atoms with E-state index in [0.717, 1.165) is 5.56 Å². The predicted octanol–water partition coefficient (Wildman–Crippen LogP) is 1.27. The van der Waals surface area contributed by atoms with Crippen LogP contribution >= 0.6 is 11.6 Å². The monoisotopic (exact) mass is 515 g/mol. The molecule has 1 aromatic carbocycles. The summed E-state index contributed by atoms with van der Waals surface area (Å²) in [6, 6.07) is 8.97. The van der Waals surface area contributed by atoms with Crippen molar-refractivity contribution >= 4 is 34.6 Å². The topological polar surface area (TPSA) is 143 Å². The SMILES string of the molecule is C#C[C@@]1(O)[C@@H](COC(Cc2ccccc2)C(=O)O)O[C@@H](n2cnc3c(N(C)CC)nc(Cl)nc32)[C@@H]1O. The maximum atomic E-state index is 11.8. The van der Waals surface area contributed by atoms with Crippen LogP contribution in [0.2, 0.25) is 5.28 Å². The maximum absolute atomic E-state index is 11.8. The Balaban J connectivity index is 1.60. The van der Waals surface area contributed by atoms with Gasteiger partial charge in [0.1, 0.15) is 12.2 Å². The van der Waals surface area contributed by atoms with Crippen molar-refractivity contribution in [1.82, 2.24) is 19.5 Å². The van der Waals surface area contributed by atoms with Crippen LogP contribution in [0.4, 0.5) is 5.82 Å². The average Bonchev–Trinajstić information content (AvgIpc) is 3.40. The van der Waals surface area contributed by atoms with Gasteiger partial charge in [-0.25, -0.2) is 9.78 Å². The number of fused-ring (bicyclic) bond motifs is 1. The fourth-order valence-electron chi connectivity index (χ4n) is 4.04. The largest absolute Gasteiger partial charge is 0.479 e. The van der Waals surface area contributed by atoms with Gasteiger partial charge in [-0.3, -0.25) is 4.57 Å². The lowest BCUT2D eigenvalue weighted by atomic mass is 9.93. The van der Waals surface area contributed by atoms with Crippen LogP contribution in [0.15, 0.2) is 36.7 Å². The second kappa shape index (κ2) is 10.4. The number of aliphatic carboxylic acids is 1. The van der Waals surface area contributed by atoms with Crippen LogP contribution in [-0.2, 0) is 20.7 Å². The number of halogens is 1. The van der Waals surface area contributed by atoms with Gasteiger partial charge in [-0.2, -0.15) is 9.97 Å². The maximum Gasteiger partial charge on any atom is 0.333 e. The van der Waals surface area contributed by atoms with Gasteiger partial charge < -0.3 is 29.7 Å². The summed E-state index contributed by atoms with van der Waals surface area (Å²) in [5.41, 5.74) is -0.728. The highest BCUT2D eigenvalue weighted by molar-refractivity contribution is 6.28. The third-order valence-electron chi connectivity index (χ3n) is 6.22. The van der Waals surface area contributed by atoms with Crippen molar-refractivity contribution in [2.75, 3.05) is 25.1 Å². The highest BCUT2D eigenvalue weighted by atomic mass is 35.5. The van der Waals surface area contributed by atoms with Gasteiger partial charge in [0.15, 0.2) is 34.9 Å². The molecule has 12 heteroatoms. The minimum Gasteiger partial charge on any atom is -0.479 e. The van der Waals surface area contributed by atoms with E-state index in [1.807, 2.05) is 24.9 Å². The Morgan fingerprint density at radius 3 is 2.75 bits per heavy atom. The van der Waals surface area contributed by atoms with Crippen molar-refractivity contribution < 1.29 is 29.6 Å². The lowest BCUT2D eigenvalue weighted by Crippen LogP contribution is -2.48. The molecule has 3 N–H and O–H groups in total. The van der Waals surface area contributed by atoms with Crippen LogP contribution in [0.5, 0.6) is 0 Å². The summed E-state index contributed by atoms with van der Waals surface area (Å²) >= 11 is 6.14. The zero-order chi connectivity index (χ0) is 26.0. The minimum absolute atomic E-state index is 0.0376. The lowest BCUT2D eigenvalue weighted by molar-refractivity contribution is -0.156. The quantitative estimate of drug-likeness (QED) is 0.281. The molecule has 11 nitrogen and oxygen atoms in total. The Kier molecular flexibility index (Phi) is 7.44. The molecule has 0 bridgehead atoms. The molecule has 4 rings (SSSR count). The molecule has 1 unspecified atom stereocenters. The summed E-state index contributed by atoms with van der Waals surface area (Å²) < 4.78 is 12.9. The average molecular weight is 516 g/mol. The molecule has 0 radical (unpaired) electrons. The zero-order valence-corrected chi connectivity index (χ0v) is 20.4. The van der Waals surface area contributed by atoms with E-state index in [9.17, 15) is 20.1 Å². The Morgan fingerprint density at radius 1 is 1.39 bits per heavy atom. The third kappa shape index (κ3) is 4.74. The number of imidazole rings is 1. The molecular weight excluding hydrogens is 490 g/mol. The molecule has 2 aromatic heterocycles. The zero-order valence-electron chi connectivity index (χ0n) is 19.7. The predicted molar refractivity (Wildman–Crippen MR) is 130 cm³/mol. The van der Waals surface area contributed by atoms with Crippen LogP contribution in [-0.4, -0.2) is 84.9 Å². The molecule has 1 saturated heterocycles. The Bertz CT molecular complexity index is 1280. The van der Waals surface area contributed by atoms with E-state index in [1.165, 1.54) is 10.9 Å². The number of terminal acetylenes is 1. The van der Waals surface area contributed by atoms with Gasteiger partial charge >= 0.3 is 5.97 Å². The molecule has 0 aliphatic carbocycles. The Hall–Kier alpha value is -3.27. The summed E-state index contributed by atoms with van der Waals surface area (Å²) in [5.74, 6) is 1.49. The van der Waals surface area contributed by atoms with E-state index < -0.39 is 36.1 Å². The van der Waals surface area contributed by atoms with Crippen molar-refractivity contribution in [2.45, 2.75) is 43.5 Å². The number of hydrogen-bond donors (Lipinski definition) is 3. The normalized spacial score (nSPS) is 24.5. The molecule has 5 atom stereocenters. The van der Waals surface area contributed by atoms with Gasteiger partial charge in [0.25, 0.3) is 0 Å². The number of aliphatic hydroxyl groups excluding tert-OH is 1. The summed E-state index contributed by atoms with van der Waals surface area (Å²) in [4.78, 5) is 26.4. The molecule has 0 amide bonds. The molecule has 0 saturated carbocycles. The molecule has 1 aliphatic heterocycles. The Labute approximate surface area is 212 Å². The fourth-order valence-corrected chi connectivity index (χ4v) is 4.20. The number of rotatable bonds is 9. The first-order chi connectivity index (χ1) is 17.2. The van der Waals surface area contributed by atoms with Crippen molar-refractivity contribution in [3.8, 4) is 12.3 Å². The van der Waals surface area contributed by atoms with Crippen molar-refractivity contribution in [3.05, 3.63) is 47.5 Å². The first-order valence-corrected chi connectivity index (χ1v) is 11.6. The second-order valence-electron chi connectivity index (χ2n) is 8.43. The van der Waals surface area contributed by atoms with Gasteiger partial charge in [-0.1, -0.05) is 36.3 Å². The van der Waals surface area contributed by atoms with Crippen LogP contribution in [0.1, 0.15) is 18.7 Å². The highest BCUT2D eigenvalue weighted by Gasteiger charge is 2.56. The molecule has 1 aliphatic rings. The number of carboxylic acid groups (broad SMARTS) is 1. The number of aromatic nitrogens is 4. The van der Waals surface area contributed by atoms with Gasteiger partial charge in [0, 0.05) is 20.0 Å². The van der Waals surface area contributed by atoms with E-state index in [4.69, 9.17) is 27.5 Å². The number of ether oxygens (including phenoxy) is 2. The summed E-state index contributed by atoms with van der Waals surface area (Å²) in [6.45, 7) is 2.18. The second-order valence-corrected chi connectivity index (χ2v) is 8.77. The Morgan fingerprint density at radius 2 is 2.11 bits per heavy atom. The van der Waals surface area contributed by atoms with Crippen LogP contribution in [0.3, 0.4) is 0 Å². The highest BCUT2D eigenvalue weighted by Crippen LogP contribution is 2.39. The van der Waals surface area contributed by atoms with Crippen molar-refractivity contribution in [3.63, 3.8) is 0 Å². The smallest absolute Gasteiger partial charge is 0.333 e. The molecular formula is C24H26ClN5O6. The lowest BCUT2D eigenvalue weighted by Gasteiger charge is -2.26. The number of anilines is 1. The fraction of sp³-hybridized carbons (Fsp3) is 0.417. The first kappa shape index (κ1) is 25.8. The summed E-state index contributed by atoms with van der Waals surface area (Å²) in [6.07, 6.45) is 1.79. The van der Waals surface area contributed by atoms with Gasteiger partial charge in [-0.15, -0.1) is 6.42 Å². The van der Waals surface area contributed by atoms with E-state index in [1.54, 1.807) is 24.3 Å². The molecule has 0 spiro atoms. The number of aliphatic hydroxyl groups is 2. The number of nitrogens with zero attached hydrogens (tertiary/aromatic N) is 5. The van der Waals surface area contributed by atoms with E-state index >= 15 is 0 Å². The van der Waals surface area contributed by atoms with Gasteiger partial charge in [0.2, 0.25) is 5.28 Å². The standard InChI is InChI=1S/C24H26ClN5O6/c1-4-24(34)16(12-35-15(22(32)33)11-14-9-7-6-8-10-14)36-21(18(24)31)30-13-26-17-19(29(3)5-2)27-23(25)28-20(17)30/h1,6-10,13,15-16,18,21,31,34H,5,11-12H2,2-3H3,(H,32,33)/t15?,16-,18+,21-,24-/m1/s1. The van der Waals surface area contributed by atoms with Gasteiger partial charge in [0.05, 0.1) is 12.9 Å². The number of benzene rings is 1. The van der Waals surface area contributed by atoms with E-state index in [-0.39, 0.29) is 24.0 Å². The number of hydrogen-bond acceptors (Lipinski definition) is 9. The third-order valence-corrected chi connectivity index (χ3v) is 6.39. The van der Waals surface area contributed by atoms with Crippen molar-refractivity contribution in [2.24, 2.45) is 0 Å². The van der Waals surface area contributed by atoms with Crippen LogP contribution in [0.25, 0.3) is 11.2 Å². The molecule has 1 fully saturated rings. The van der Waals surface area contributed by atoms with Crippen LogP contribution < -0.4 is 4.90 Å². The van der Waals surface area contributed by atoms with Crippen LogP contribution in [0, 0.1) is 12.3 Å². The summed E-state index contributed by atoms with van der Waals surface area (Å²) in [7, 11) is 1.82. The van der Waals surface area contributed by atoms with E-state index in [2.05, 4.69) is 20.9 Å². The number of carboxylic acids is 1. The molecule has 36 heavy (non-hydrogen) atoms. The molecule has 3 aromatic rings. The first-order valence-electron chi connectivity index (χ1n) is 11.2. The summed E-state index contributed by atoms with van der Waals surface area (Å²) in [5, 5.41) is 31.7. The molecule has 3 heterocycles.